The number of benzene rings is 5. The summed E-state index contributed by atoms with van der Waals surface area (Å²) in [6, 6.07) is 44.0. The van der Waals surface area contributed by atoms with Crippen molar-refractivity contribution in [2.45, 2.75) is 19.5 Å². The first-order valence-electron chi connectivity index (χ1n) is 15.6. The number of fused-ring (bicyclic) bond motifs is 7. The molecular weight excluding hydrogens is 548 g/mol. The van der Waals surface area contributed by atoms with Crippen molar-refractivity contribution >= 4 is 50.1 Å². The van der Waals surface area contributed by atoms with Crippen LogP contribution in [0.4, 0.5) is 0 Å². The molecule has 2 aromatic heterocycles. The Morgan fingerprint density at radius 3 is 2.09 bits per heavy atom. The Kier molecular flexibility index (Phi) is 6.58. The molecule has 0 saturated heterocycles. The molecule has 4 heteroatoms. The summed E-state index contributed by atoms with van der Waals surface area (Å²) >= 11 is 0. The third kappa shape index (κ3) is 4.45. The summed E-state index contributed by atoms with van der Waals surface area (Å²) in [7, 11) is 0. The van der Waals surface area contributed by atoms with Crippen LogP contribution in [0.15, 0.2) is 140 Å². The van der Waals surface area contributed by atoms with E-state index in [0.29, 0.717) is 11.6 Å². The molecule has 45 heavy (non-hydrogen) atoms. The Balaban J connectivity index is 1.48. The maximum absolute atomic E-state index is 9.10. The van der Waals surface area contributed by atoms with Crippen LogP contribution in [0.3, 0.4) is 0 Å². The summed E-state index contributed by atoms with van der Waals surface area (Å²) in [4.78, 5) is 0. The second-order valence-electron chi connectivity index (χ2n) is 12.0. The lowest BCUT2D eigenvalue weighted by Crippen LogP contribution is -2.23. The van der Waals surface area contributed by atoms with Crippen LogP contribution in [0.5, 0.6) is 0 Å². The minimum absolute atomic E-state index is 0.429. The van der Waals surface area contributed by atoms with Crippen LogP contribution < -0.4 is 5.73 Å². The van der Waals surface area contributed by atoms with Gasteiger partial charge in [-0.2, -0.15) is 0 Å². The van der Waals surface area contributed by atoms with E-state index in [0.717, 1.165) is 45.5 Å². The van der Waals surface area contributed by atoms with Crippen LogP contribution in [-0.2, 0) is 6.42 Å². The van der Waals surface area contributed by atoms with Crippen LogP contribution in [-0.4, -0.2) is 14.8 Å². The number of nitrogens with zero attached hydrogens (tertiary/aromatic N) is 2. The quantitative estimate of drug-likeness (QED) is 0.189. The van der Waals surface area contributed by atoms with E-state index in [-0.39, 0.29) is 0 Å². The molecule has 1 aliphatic carbocycles. The molecular formula is C41H34N4. The summed E-state index contributed by atoms with van der Waals surface area (Å²) in [6.07, 6.45) is 6.91. The van der Waals surface area contributed by atoms with Crippen molar-refractivity contribution in [3.05, 3.63) is 162 Å². The molecule has 0 saturated carbocycles. The maximum Gasteiger partial charge on any atom is 0.109 e. The number of nitrogens with two attached hydrogens (primary N) is 1. The van der Waals surface area contributed by atoms with Crippen molar-refractivity contribution in [1.82, 2.24) is 9.13 Å². The van der Waals surface area contributed by atoms with E-state index in [9.17, 15) is 0 Å². The van der Waals surface area contributed by atoms with Gasteiger partial charge in [0.05, 0.1) is 22.3 Å². The predicted molar refractivity (Wildman–Crippen MR) is 189 cm³/mol. The number of nitrogens with one attached hydrogen (secondary N) is 1. The Labute approximate surface area is 262 Å². The normalized spacial score (nSPS) is 15.5. The summed E-state index contributed by atoms with van der Waals surface area (Å²) < 4.78 is 4.73. The van der Waals surface area contributed by atoms with Crippen LogP contribution in [0.1, 0.15) is 35.5 Å². The summed E-state index contributed by atoms with van der Waals surface area (Å²) in [5, 5.41) is 12.7. The van der Waals surface area contributed by atoms with Crippen molar-refractivity contribution in [3.8, 4) is 5.69 Å². The Bertz CT molecular complexity index is 2270. The van der Waals surface area contributed by atoms with Gasteiger partial charge in [-0.15, -0.1) is 0 Å². The lowest BCUT2D eigenvalue weighted by atomic mass is 9.93. The highest BCUT2D eigenvalue weighted by Crippen LogP contribution is 2.43. The molecule has 1 aliphatic rings. The fraction of sp³-hybridized carbons (Fsp3) is 0.0976. The molecule has 7 aromatic rings. The first-order chi connectivity index (χ1) is 22.1. The molecule has 0 amide bonds. The van der Waals surface area contributed by atoms with Gasteiger partial charge in [0.25, 0.3) is 0 Å². The Morgan fingerprint density at radius 2 is 1.36 bits per heavy atom. The van der Waals surface area contributed by atoms with Gasteiger partial charge in [-0.1, -0.05) is 122 Å². The largest absolute Gasteiger partial charge is 0.319 e. The number of aromatic nitrogens is 2. The summed E-state index contributed by atoms with van der Waals surface area (Å²) in [5.74, 6) is 0.429. The molecule has 0 aliphatic heterocycles. The van der Waals surface area contributed by atoms with Gasteiger partial charge in [-0.3, -0.25) is 0 Å². The number of hydrogen-bond acceptors (Lipinski definition) is 2. The Hall–Kier alpha value is -5.45. The first kappa shape index (κ1) is 27.1. The van der Waals surface area contributed by atoms with Gasteiger partial charge in [0, 0.05) is 27.5 Å². The van der Waals surface area contributed by atoms with Crippen LogP contribution in [0.25, 0.3) is 50.0 Å². The zero-order valence-corrected chi connectivity index (χ0v) is 25.2. The topological polar surface area (TPSA) is 59.7 Å². The average Bonchev–Trinajstić information content (AvgIpc) is 3.60. The molecule has 2 atom stereocenters. The SMILES string of the molecule is CC1C=Cc2c(c3ccc4c5ccccc5n(-c5ccccc5)c4c3n2[C@H](N)/C(=C\C(=N)c2ccccc2)c2ccccc2)C1. The molecule has 0 fully saturated rings. The van der Waals surface area contributed by atoms with E-state index < -0.39 is 6.17 Å². The van der Waals surface area contributed by atoms with Crippen molar-refractivity contribution in [1.29, 1.82) is 5.41 Å². The Morgan fingerprint density at radius 1 is 0.733 bits per heavy atom. The van der Waals surface area contributed by atoms with E-state index in [1.54, 1.807) is 0 Å². The van der Waals surface area contributed by atoms with Gasteiger partial charge in [0.15, 0.2) is 0 Å². The summed E-state index contributed by atoms with van der Waals surface area (Å²) in [6.45, 7) is 2.28. The number of hydrogen-bond donors (Lipinski definition) is 2. The number of rotatable bonds is 6. The lowest BCUT2D eigenvalue weighted by Gasteiger charge is -2.24. The highest BCUT2D eigenvalue weighted by molar-refractivity contribution is 6.19. The molecule has 0 bridgehead atoms. The number of para-hydroxylation sites is 2. The second kappa shape index (κ2) is 10.9. The van der Waals surface area contributed by atoms with E-state index in [1.807, 2.05) is 54.6 Å². The van der Waals surface area contributed by atoms with Crippen LogP contribution in [0.2, 0.25) is 0 Å². The maximum atomic E-state index is 9.10. The second-order valence-corrected chi connectivity index (χ2v) is 12.0. The predicted octanol–water partition coefficient (Wildman–Crippen LogP) is 9.55. The van der Waals surface area contributed by atoms with E-state index in [2.05, 4.69) is 107 Å². The van der Waals surface area contributed by atoms with Gasteiger partial charge < -0.3 is 20.3 Å². The molecule has 2 heterocycles. The van der Waals surface area contributed by atoms with Gasteiger partial charge >= 0.3 is 0 Å². The van der Waals surface area contributed by atoms with E-state index >= 15 is 0 Å². The lowest BCUT2D eigenvalue weighted by molar-refractivity contribution is 0.650. The van der Waals surface area contributed by atoms with Crippen molar-refractivity contribution in [2.24, 2.45) is 11.7 Å². The first-order valence-corrected chi connectivity index (χ1v) is 15.6. The average molecular weight is 583 g/mol. The van der Waals surface area contributed by atoms with Gasteiger partial charge in [-0.05, 0) is 65.0 Å². The highest BCUT2D eigenvalue weighted by Gasteiger charge is 2.28. The molecule has 1 unspecified atom stereocenters. The minimum atomic E-state index is -0.548. The molecule has 218 valence electrons. The zero-order chi connectivity index (χ0) is 30.5. The molecule has 8 rings (SSSR count). The minimum Gasteiger partial charge on any atom is -0.319 e. The van der Waals surface area contributed by atoms with Crippen LogP contribution in [0, 0.1) is 11.3 Å². The van der Waals surface area contributed by atoms with Gasteiger partial charge in [0.1, 0.15) is 6.17 Å². The van der Waals surface area contributed by atoms with Gasteiger partial charge in [0.2, 0.25) is 0 Å². The third-order valence-electron chi connectivity index (χ3n) is 9.16. The molecule has 3 N–H and O–H groups in total. The standard InChI is InChI=1S/C41H34N4/c1-27-21-24-38-35(25-27)33-23-22-32-31-19-11-12-20-37(31)44(30-17-9-4-10-18-30)39(32)40(33)45(38)41(43)34(28-13-5-2-6-14-28)26-36(42)29-15-7-3-8-16-29/h2-24,26-27,41-42H,25,43H2,1H3/b34-26-,42-36?/t27?,41-/m0/s1. The molecule has 5 aromatic carbocycles. The van der Waals surface area contributed by atoms with Crippen molar-refractivity contribution < 1.29 is 0 Å². The molecule has 0 spiro atoms. The smallest absolute Gasteiger partial charge is 0.109 e. The molecule has 0 radical (unpaired) electrons. The highest BCUT2D eigenvalue weighted by atomic mass is 15.1. The summed E-state index contributed by atoms with van der Waals surface area (Å²) in [5.41, 5.74) is 17.7. The van der Waals surface area contributed by atoms with E-state index in [1.165, 1.54) is 27.2 Å². The van der Waals surface area contributed by atoms with Crippen molar-refractivity contribution in [2.75, 3.05) is 0 Å². The molecule has 4 nitrogen and oxygen atoms in total. The monoisotopic (exact) mass is 582 g/mol. The third-order valence-corrected chi connectivity index (χ3v) is 9.16. The fourth-order valence-corrected chi connectivity index (χ4v) is 7.07. The van der Waals surface area contributed by atoms with Crippen molar-refractivity contribution in [3.63, 3.8) is 0 Å². The zero-order valence-electron chi connectivity index (χ0n) is 25.2. The fourth-order valence-electron chi connectivity index (χ4n) is 7.07. The van der Waals surface area contributed by atoms with Gasteiger partial charge in [-0.25, -0.2) is 0 Å². The van der Waals surface area contributed by atoms with Crippen LogP contribution >= 0.6 is 0 Å². The van der Waals surface area contributed by atoms with E-state index in [4.69, 9.17) is 11.1 Å². The number of allylic oxidation sites excluding steroid dienone is 2.